The van der Waals surface area contributed by atoms with E-state index >= 15 is 0 Å². The van der Waals surface area contributed by atoms with Crippen molar-refractivity contribution in [3.8, 4) is 11.4 Å². The quantitative estimate of drug-likeness (QED) is 0.723. The van der Waals surface area contributed by atoms with Gasteiger partial charge in [0.2, 0.25) is 5.69 Å². The lowest BCUT2D eigenvalue weighted by Gasteiger charge is -2.26. The highest BCUT2D eigenvalue weighted by molar-refractivity contribution is 5.90. The van der Waals surface area contributed by atoms with Crippen LogP contribution in [0.5, 0.6) is 5.75 Å². The van der Waals surface area contributed by atoms with Crippen molar-refractivity contribution in [2.75, 3.05) is 39.5 Å². The van der Waals surface area contributed by atoms with Crippen molar-refractivity contribution in [1.82, 2.24) is 14.7 Å². The first-order chi connectivity index (χ1) is 12.7. The van der Waals surface area contributed by atoms with Crippen LogP contribution in [-0.4, -0.2) is 66.1 Å². The molecule has 0 radical (unpaired) electrons. The third-order valence-corrected chi connectivity index (χ3v) is 3.89. The van der Waals surface area contributed by atoms with E-state index in [9.17, 15) is 9.59 Å². The van der Waals surface area contributed by atoms with Crippen molar-refractivity contribution in [3.05, 3.63) is 42.2 Å². The molecule has 0 aliphatic carbocycles. The summed E-state index contributed by atoms with van der Waals surface area (Å²) in [4.78, 5) is 26.1. The standard InChI is InChI=1S/C18H21N3O5/c1-2-25-18(23)17-15(12-21(19-17)14-6-4-3-5-7-14)26-13-16(22)20-8-10-24-11-9-20/h3-7,12H,2,8-11,13H2,1H3. The number of hydrogen-bond acceptors (Lipinski definition) is 6. The molecule has 1 aromatic heterocycles. The third-order valence-electron chi connectivity index (χ3n) is 3.89. The van der Waals surface area contributed by atoms with Crippen LogP contribution in [0.1, 0.15) is 17.4 Å². The maximum Gasteiger partial charge on any atom is 0.362 e. The largest absolute Gasteiger partial charge is 0.480 e. The molecule has 0 N–H and O–H groups in total. The van der Waals surface area contributed by atoms with Crippen LogP contribution in [0.4, 0.5) is 0 Å². The molecule has 1 aliphatic heterocycles. The topological polar surface area (TPSA) is 82.9 Å². The summed E-state index contributed by atoms with van der Waals surface area (Å²) in [5.74, 6) is -0.527. The minimum Gasteiger partial charge on any atom is -0.480 e. The molecule has 1 aliphatic rings. The van der Waals surface area contributed by atoms with Crippen molar-refractivity contribution in [2.45, 2.75) is 6.92 Å². The second kappa shape index (κ2) is 8.48. The van der Waals surface area contributed by atoms with Crippen LogP contribution in [0.25, 0.3) is 5.69 Å². The molecule has 1 amide bonds. The lowest BCUT2D eigenvalue weighted by molar-refractivity contribution is -0.137. The van der Waals surface area contributed by atoms with Crippen LogP contribution in [0, 0.1) is 0 Å². The Morgan fingerprint density at radius 1 is 1.19 bits per heavy atom. The molecule has 0 saturated carbocycles. The van der Waals surface area contributed by atoms with Crippen molar-refractivity contribution < 1.29 is 23.8 Å². The molecule has 0 spiro atoms. The lowest BCUT2D eigenvalue weighted by atomic mass is 10.3. The van der Waals surface area contributed by atoms with Gasteiger partial charge >= 0.3 is 5.97 Å². The summed E-state index contributed by atoms with van der Waals surface area (Å²) in [6.45, 7) is 3.88. The highest BCUT2D eigenvalue weighted by Gasteiger charge is 2.23. The number of amides is 1. The second-order valence-corrected chi connectivity index (χ2v) is 5.62. The Labute approximate surface area is 151 Å². The summed E-state index contributed by atoms with van der Waals surface area (Å²) >= 11 is 0. The molecule has 8 heteroatoms. The molecule has 2 heterocycles. The Balaban J connectivity index is 1.76. The van der Waals surface area contributed by atoms with E-state index in [0.717, 1.165) is 5.69 Å². The summed E-state index contributed by atoms with van der Waals surface area (Å²) in [6.07, 6.45) is 1.58. The molecule has 0 bridgehead atoms. The number of carbonyl (C=O) groups excluding carboxylic acids is 2. The van der Waals surface area contributed by atoms with Crippen LogP contribution >= 0.6 is 0 Å². The molecular weight excluding hydrogens is 338 g/mol. The molecule has 138 valence electrons. The molecule has 1 saturated heterocycles. The number of aromatic nitrogens is 2. The number of morpholine rings is 1. The normalized spacial score (nSPS) is 14.1. The van der Waals surface area contributed by atoms with E-state index in [4.69, 9.17) is 14.2 Å². The van der Waals surface area contributed by atoms with Crippen LogP contribution in [0.15, 0.2) is 36.5 Å². The Morgan fingerprint density at radius 2 is 1.92 bits per heavy atom. The first-order valence-corrected chi connectivity index (χ1v) is 8.49. The molecule has 3 rings (SSSR count). The first-order valence-electron chi connectivity index (χ1n) is 8.49. The number of esters is 1. The maximum absolute atomic E-state index is 12.3. The molecule has 0 unspecified atom stereocenters. The maximum atomic E-state index is 12.3. The predicted molar refractivity (Wildman–Crippen MR) is 92.4 cm³/mol. The Kier molecular flexibility index (Phi) is 5.85. The van der Waals surface area contributed by atoms with Gasteiger partial charge in [-0.3, -0.25) is 4.79 Å². The van der Waals surface area contributed by atoms with Gasteiger partial charge in [0.05, 0.1) is 31.7 Å². The van der Waals surface area contributed by atoms with Gasteiger partial charge in [-0.05, 0) is 19.1 Å². The van der Waals surface area contributed by atoms with Gasteiger partial charge < -0.3 is 19.1 Å². The molecule has 2 aromatic rings. The zero-order chi connectivity index (χ0) is 18.4. The van der Waals surface area contributed by atoms with Gasteiger partial charge in [0.15, 0.2) is 12.4 Å². The van der Waals surface area contributed by atoms with Crippen LogP contribution in [-0.2, 0) is 14.3 Å². The van der Waals surface area contributed by atoms with Gasteiger partial charge in [-0.15, -0.1) is 0 Å². The summed E-state index contributed by atoms with van der Waals surface area (Å²) in [7, 11) is 0. The van der Waals surface area contributed by atoms with E-state index in [1.807, 2.05) is 30.3 Å². The second-order valence-electron chi connectivity index (χ2n) is 5.62. The van der Waals surface area contributed by atoms with E-state index in [0.29, 0.717) is 26.3 Å². The van der Waals surface area contributed by atoms with Crippen molar-refractivity contribution in [2.24, 2.45) is 0 Å². The minimum atomic E-state index is -0.587. The Bertz CT molecular complexity index is 753. The van der Waals surface area contributed by atoms with Crippen LogP contribution in [0.3, 0.4) is 0 Å². The monoisotopic (exact) mass is 359 g/mol. The molecule has 0 atom stereocenters. The van der Waals surface area contributed by atoms with E-state index in [2.05, 4.69) is 5.10 Å². The van der Waals surface area contributed by atoms with Gasteiger partial charge in [-0.1, -0.05) is 18.2 Å². The van der Waals surface area contributed by atoms with Crippen LogP contribution in [0.2, 0.25) is 0 Å². The van der Waals surface area contributed by atoms with Gasteiger partial charge in [-0.25, -0.2) is 9.48 Å². The number of rotatable bonds is 6. The van der Waals surface area contributed by atoms with Gasteiger partial charge in [-0.2, -0.15) is 5.10 Å². The lowest BCUT2D eigenvalue weighted by Crippen LogP contribution is -2.43. The predicted octanol–water partition coefficient (Wildman–Crippen LogP) is 1.29. The zero-order valence-electron chi connectivity index (χ0n) is 14.6. The average molecular weight is 359 g/mol. The molecule has 8 nitrogen and oxygen atoms in total. The van der Waals surface area contributed by atoms with E-state index in [1.165, 1.54) is 4.68 Å². The van der Waals surface area contributed by atoms with Gasteiger partial charge in [0.25, 0.3) is 5.91 Å². The van der Waals surface area contributed by atoms with Crippen molar-refractivity contribution in [3.63, 3.8) is 0 Å². The number of nitrogens with zero attached hydrogens (tertiary/aromatic N) is 3. The fraction of sp³-hybridized carbons (Fsp3) is 0.389. The molecule has 1 fully saturated rings. The minimum absolute atomic E-state index is 0.0467. The number of carbonyl (C=O) groups is 2. The van der Waals surface area contributed by atoms with E-state index in [1.54, 1.807) is 18.0 Å². The van der Waals surface area contributed by atoms with Crippen molar-refractivity contribution in [1.29, 1.82) is 0 Å². The van der Waals surface area contributed by atoms with E-state index in [-0.39, 0.29) is 30.6 Å². The Morgan fingerprint density at radius 3 is 2.62 bits per heavy atom. The fourth-order valence-electron chi connectivity index (χ4n) is 2.56. The van der Waals surface area contributed by atoms with Crippen LogP contribution < -0.4 is 4.74 Å². The van der Waals surface area contributed by atoms with Crippen molar-refractivity contribution >= 4 is 11.9 Å². The summed E-state index contributed by atoms with van der Waals surface area (Å²) in [5, 5.41) is 4.26. The number of ether oxygens (including phenoxy) is 3. The first kappa shape index (κ1) is 17.9. The van der Waals surface area contributed by atoms with Gasteiger partial charge in [0, 0.05) is 13.1 Å². The third kappa shape index (κ3) is 4.20. The molecule has 26 heavy (non-hydrogen) atoms. The molecule has 1 aromatic carbocycles. The smallest absolute Gasteiger partial charge is 0.362 e. The van der Waals surface area contributed by atoms with Gasteiger partial charge in [0.1, 0.15) is 0 Å². The zero-order valence-corrected chi connectivity index (χ0v) is 14.6. The summed E-state index contributed by atoms with van der Waals surface area (Å²) in [5.41, 5.74) is 0.817. The van der Waals surface area contributed by atoms with E-state index < -0.39 is 5.97 Å². The summed E-state index contributed by atoms with van der Waals surface area (Å²) < 4.78 is 17.4. The molecular formula is C18H21N3O5. The number of para-hydroxylation sites is 1. The SMILES string of the molecule is CCOC(=O)c1nn(-c2ccccc2)cc1OCC(=O)N1CCOCC1. The number of benzene rings is 1. The number of hydrogen-bond donors (Lipinski definition) is 0. The fourth-order valence-corrected chi connectivity index (χ4v) is 2.56. The average Bonchev–Trinajstić information content (AvgIpc) is 3.12. The highest BCUT2D eigenvalue weighted by atomic mass is 16.5. The summed E-state index contributed by atoms with van der Waals surface area (Å²) in [6, 6.07) is 9.32. The highest BCUT2D eigenvalue weighted by Crippen LogP contribution is 2.21. The Hall–Kier alpha value is -2.87.